The van der Waals surface area contributed by atoms with Crippen molar-refractivity contribution in [2.45, 2.75) is 19.8 Å². The number of allylic oxidation sites excluding steroid dienone is 1. The summed E-state index contributed by atoms with van der Waals surface area (Å²) in [5.41, 5.74) is 0.555. The lowest BCUT2D eigenvalue weighted by Gasteiger charge is -2.01. The maximum Gasteiger partial charge on any atom is 0.231 e. The zero-order valence-corrected chi connectivity index (χ0v) is 12.5. The van der Waals surface area contributed by atoms with Crippen LogP contribution in [0.4, 0.5) is 5.13 Å². The molecule has 1 aromatic rings. The Labute approximate surface area is 117 Å². The van der Waals surface area contributed by atoms with E-state index in [1.807, 2.05) is 19.1 Å². The van der Waals surface area contributed by atoms with Gasteiger partial charge >= 0.3 is 0 Å². The number of nitrogens with zero attached hydrogens (tertiary/aromatic N) is 1. The van der Waals surface area contributed by atoms with E-state index in [1.165, 1.54) is 0 Å². The lowest BCUT2D eigenvalue weighted by molar-refractivity contribution is -0.120. The summed E-state index contributed by atoms with van der Waals surface area (Å²) in [6, 6.07) is 0. The fourth-order valence-electron chi connectivity index (χ4n) is 1.28. The summed E-state index contributed by atoms with van der Waals surface area (Å²) in [6.07, 6.45) is 5.90. The van der Waals surface area contributed by atoms with Crippen LogP contribution in [-0.4, -0.2) is 32.1 Å². The summed E-state index contributed by atoms with van der Waals surface area (Å²) < 4.78 is 24.3. The molecule has 0 unspecified atom stereocenters. The molecule has 1 aromatic heterocycles. The van der Waals surface area contributed by atoms with Gasteiger partial charge in [-0.25, -0.2) is 13.4 Å². The van der Waals surface area contributed by atoms with Crippen molar-refractivity contribution in [3.8, 4) is 0 Å². The molecule has 0 saturated heterocycles. The number of sulfonamides is 1. The van der Waals surface area contributed by atoms with Gasteiger partial charge in [0.1, 0.15) is 0 Å². The average molecular weight is 303 g/mol. The summed E-state index contributed by atoms with van der Waals surface area (Å²) >= 11 is 1.16. The van der Waals surface area contributed by atoms with Crippen LogP contribution in [0.5, 0.6) is 0 Å². The SMILES string of the molecule is C/C=C/CCNC(=O)Cc1csc(NS(C)(=O)=O)n1. The number of hydrogen-bond donors (Lipinski definition) is 2. The first kappa shape index (κ1) is 15.6. The van der Waals surface area contributed by atoms with E-state index in [4.69, 9.17) is 0 Å². The molecule has 106 valence electrons. The van der Waals surface area contributed by atoms with Crippen LogP contribution in [0.1, 0.15) is 19.0 Å². The molecule has 0 aliphatic heterocycles. The molecule has 19 heavy (non-hydrogen) atoms. The fourth-order valence-corrected chi connectivity index (χ4v) is 2.85. The van der Waals surface area contributed by atoms with Gasteiger partial charge < -0.3 is 5.32 Å². The summed E-state index contributed by atoms with van der Waals surface area (Å²) in [7, 11) is -3.32. The molecule has 0 fully saturated rings. The predicted molar refractivity (Wildman–Crippen MR) is 76.7 cm³/mol. The Morgan fingerprint density at radius 3 is 2.89 bits per heavy atom. The van der Waals surface area contributed by atoms with Gasteiger partial charge in [0.15, 0.2) is 5.13 Å². The number of rotatable bonds is 7. The number of nitrogens with one attached hydrogen (secondary N) is 2. The van der Waals surface area contributed by atoms with Gasteiger partial charge in [0, 0.05) is 11.9 Å². The number of hydrogen-bond acceptors (Lipinski definition) is 5. The van der Waals surface area contributed by atoms with Gasteiger partial charge in [-0.2, -0.15) is 0 Å². The highest BCUT2D eigenvalue weighted by Gasteiger charge is 2.09. The van der Waals surface area contributed by atoms with Crippen LogP contribution < -0.4 is 10.0 Å². The van der Waals surface area contributed by atoms with E-state index in [9.17, 15) is 13.2 Å². The van der Waals surface area contributed by atoms with Gasteiger partial charge in [0.25, 0.3) is 0 Å². The maximum absolute atomic E-state index is 11.6. The second kappa shape index (κ2) is 7.25. The molecule has 2 N–H and O–H groups in total. The van der Waals surface area contributed by atoms with Gasteiger partial charge in [0.05, 0.1) is 18.4 Å². The fraction of sp³-hybridized carbons (Fsp3) is 0.455. The first-order chi connectivity index (χ1) is 8.90. The highest BCUT2D eigenvalue weighted by molar-refractivity contribution is 7.92. The molecule has 1 heterocycles. The normalized spacial score (nSPS) is 11.7. The molecular formula is C11H17N3O3S2. The maximum atomic E-state index is 11.6. The van der Waals surface area contributed by atoms with Crippen LogP contribution >= 0.6 is 11.3 Å². The highest BCUT2D eigenvalue weighted by Crippen LogP contribution is 2.16. The van der Waals surface area contributed by atoms with Crippen molar-refractivity contribution >= 4 is 32.4 Å². The number of carbonyl (C=O) groups is 1. The molecule has 8 heteroatoms. The number of carbonyl (C=O) groups excluding carboxylic acids is 1. The molecular weight excluding hydrogens is 286 g/mol. The minimum absolute atomic E-state index is 0.124. The second-order valence-corrected chi connectivity index (χ2v) is 6.51. The first-order valence-corrected chi connectivity index (χ1v) is 8.48. The van der Waals surface area contributed by atoms with Crippen molar-refractivity contribution < 1.29 is 13.2 Å². The molecule has 6 nitrogen and oxygen atoms in total. The van der Waals surface area contributed by atoms with Crippen molar-refractivity contribution in [1.29, 1.82) is 0 Å². The van der Waals surface area contributed by atoms with Crippen molar-refractivity contribution in [1.82, 2.24) is 10.3 Å². The van der Waals surface area contributed by atoms with E-state index in [2.05, 4.69) is 15.0 Å². The van der Waals surface area contributed by atoms with E-state index in [-0.39, 0.29) is 17.5 Å². The Morgan fingerprint density at radius 2 is 2.26 bits per heavy atom. The van der Waals surface area contributed by atoms with Gasteiger partial charge in [-0.3, -0.25) is 9.52 Å². The zero-order valence-electron chi connectivity index (χ0n) is 10.8. The van der Waals surface area contributed by atoms with Crippen molar-refractivity contribution in [3.63, 3.8) is 0 Å². The zero-order chi connectivity index (χ0) is 14.3. The Hall–Kier alpha value is -1.41. The molecule has 0 radical (unpaired) electrons. The lowest BCUT2D eigenvalue weighted by atomic mass is 10.3. The lowest BCUT2D eigenvalue weighted by Crippen LogP contribution is -2.25. The summed E-state index contributed by atoms with van der Waals surface area (Å²) in [5, 5.41) is 4.70. The van der Waals surface area contributed by atoms with E-state index >= 15 is 0 Å². The topological polar surface area (TPSA) is 88.2 Å². The standard InChI is InChI=1S/C11H17N3O3S2/c1-3-4-5-6-12-10(15)7-9-8-18-11(13-9)14-19(2,16)17/h3-4,8H,5-7H2,1-2H3,(H,12,15)(H,13,14)/b4-3+. The summed E-state index contributed by atoms with van der Waals surface area (Å²) in [5.74, 6) is -0.124. The van der Waals surface area contributed by atoms with Crippen molar-refractivity contribution in [3.05, 3.63) is 23.2 Å². The highest BCUT2D eigenvalue weighted by atomic mass is 32.2. The van der Waals surface area contributed by atoms with Gasteiger partial charge in [0.2, 0.25) is 15.9 Å². The molecule has 1 rings (SSSR count). The van der Waals surface area contributed by atoms with Crippen LogP contribution in [-0.2, 0) is 21.2 Å². The van der Waals surface area contributed by atoms with E-state index < -0.39 is 10.0 Å². The average Bonchev–Trinajstić information content (AvgIpc) is 2.69. The Morgan fingerprint density at radius 1 is 1.53 bits per heavy atom. The van der Waals surface area contributed by atoms with E-state index in [1.54, 1.807) is 5.38 Å². The monoisotopic (exact) mass is 303 g/mol. The Kier molecular flexibility index (Phi) is 5.97. The van der Waals surface area contributed by atoms with Crippen molar-refractivity contribution in [2.75, 3.05) is 17.5 Å². The van der Waals surface area contributed by atoms with Gasteiger partial charge in [-0.05, 0) is 13.3 Å². The third-order valence-electron chi connectivity index (χ3n) is 2.04. The van der Waals surface area contributed by atoms with E-state index in [0.717, 1.165) is 24.0 Å². The molecule has 0 aliphatic rings. The molecule has 0 bridgehead atoms. The quantitative estimate of drug-likeness (QED) is 0.584. The number of thiazole rings is 1. The van der Waals surface area contributed by atoms with Crippen LogP contribution in [0.15, 0.2) is 17.5 Å². The van der Waals surface area contributed by atoms with Gasteiger partial charge in [-0.1, -0.05) is 12.2 Å². The molecule has 0 atom stereocenters. The smallest absolute Gasteiger partial charge is 0.231 e. The molecule has 0 aromatic carbocycles. The van der Waals surface area contributed by atoms with Crippen molar-refractivity contribution in [2.24, 2.45) is 0 Å². The molecule has 0 spiro atoms. The third kappa shape index (κ3) is 6.92. The first-order valence-electron chi connectivity index (χ1n) is 5.71. The predicted octanol–water partition coefficient (Wildman–Crippen LogP) is 1.14. The molecule has 0 saturated carbocycles. The Balaban J connectivity index is 2.43. The minimum atomic E-state index is -3.32. The molecule has 0 aliphatic carbocycles. The van der Waals surface area contributed by atoms with Crippen LogP contribution in [0.3, 0.4) is 0 Å². The largest absolute Gasteiger partial charge is 0.355 e. The number of anilines is 1. The van der Waals surface area contributed by atoms with Gasteiger partial charge in [-0.15, -0.1) is 11.3 Å². The van der Waals surface area contributed by atoms with Crippen LogP contribution in [0, 0.1) is 0 Å². The summed E-state index contributed by atoms with van der Waals surface area (Å²) in [6.45, 7) is 2.51. The minimum Gasteiger partial charge on any atom is -0.355 e. The Bertz CT molecular complexity index is 549. The number of aromatic nitrogens is 1. The third-order valence-corrected chi connectivity index (χ3v) is 3.53. The summed E-state index contributed by atoms with van der Waals surface area (Å²) in [4.78, 5) is 15.6. The second-order valence-electron chi connectivity index (χ2n) is 3.90. The van der Waals surface area contributed by atoms with Crippen LogP contribution in [0.2, 0.25) is 0 Å². The van der Waals surface area contributed by atoms with E-state index in [0.29, 0.717) is 12.2 Å². The molecule has 1 amide bonds. The van der Waals surface area contributed by atoms with Crippen LogP contribution in [0.25, 0.3) is 0 Å². The number of amides is 1.